The molecule has 0 saturated carbocycles. The van der Waals surface area contributed by atoms with Gasteiger partial charge < -0.3 is 10.0 Å². The molecule has 1 N–H and O–H groups in total. The van der Waals surface area contributed by atoms with E-state index in [2.05, 4.69) is 12.2 Å². The topological polar surface area (TPSA) is 57.6 Å². The number of rotatable bonds is 5. The Bertz CT molecular complexity index is 549. The molecule has 2 rings (SSSR count). The lowest BCUT2D eigenvalue weighted by Gasteiger charge is -2.21. The molecule has 1 aliphatic rings. The monoisotopic (exact) mass is 273 g/mol. The minimum Gasteiger partial charge on any atom is -0.481 e. The molecule has 20 heavy (non-hydrogen) atoms. The number of benzene rings is 1. The molecule has 1 aromatic carbocycles. The van der Waals surface area contributed by atoms with Crippen molar-refractivity contribution in [3.8, 4) is 0 Å². The number of nitrogens with zero attached hydrogens (tertiary/aromatic N) is 1. The maximum absolute atomic E-state index is 12.4. The summed E-state index contributed by atoms with van der Waals surface area (Å²) in [5.74, 6) is -0.974. The summed E-state index contributed by atoms with van der Waals surface area (Å²) in [6, 6.07) is 5.72. The molecule has 1 aromatic rings. The van der Waals surface area contributed by atoms with Crippen LogP contribution in [0.3, 0.4) is 0 Å². The zero-order chi connectivity index (χ0) is 14.5. The number of carboxylic acids is 1. The molecule has 0 aliphatic heterocycles. The van der Waals surface area contributed by atoms with Crippen LogP contribution in [-0.4, -0.2) is 35.0 Å². The van der Waals surface area contributed by atoms with E-state index in [1.54, 1.807) is 4.90 Å². The number of aryl methyl sites for hydroxylation is 1. The number of carbonyl (C=O) groups excluding carboxylic acids is 1. The Morgan fingerprint density at radius 2 is 2.15 bits per heavy atom. The second kappa shape index (κ2) is 6.37. The van der Waals surface area contributed by atoms with E-state index in [1.807, 2.05) is 25.1 Å². The summed E-state index contributed by atoms with van der Waals surface area (Å²) in [5.41, 5.74) is 3.00. The fraction of sp³-hybridized carbons (Fsp3) is 0.375. The average molecular weight is 273 g/mol. The molecule has 4 heteroatoms. The Hall–Kier alpha value is -2.10. The van der Waals surface area contributed by atoms with E-state index in [0.717, 1.165) is 12.8 Å². The highest BCUT2D eigenvalue weighted by Crippen LogP contribution is 2.21. The molecule has 0 heterocycles. The molecule has 1 amide bonds. The number of aliphatic carboxylic acids is 1. The van der Waals surface area contributed by atoms with Crippen LogP contribution < -0.4 is 0 Å². The SMILES string of the molecule is CCN(CCC(=O)O)C(=O)c1ccc2c(c1)CCC=C2. The van der Waals surface area contributed by atoms with E-state index >= 15 is 0 Å². The maximum atomic E-state index is 12.4. The van der Waals surface area contributed by atoms with E-state index in [4.69, 9.17) is 5.11 Å². The first-order chi connectivity index (χ1) is 9.61. The lowest BCUT2D eigenvalue weighted by molar-refractivity contribution is -0.137. The van der Waals surface area contributed by atoms with Crippen molar-refractivity contribution in [2.24, 2.45) is 0 Å². The second-order valence-corrected chi connectivity index (χ2v) is 4.88. The Labute approximate surface area is 118 Å². The minimum atomic E-state index is -0.883. The normalized spacial score (nSPS) is 12.8. The number of carboxylic acid groups (broad SMARTS) is 1. The molecular formula is C16H19NO3. The molecule has 0 spiro atoms. The van der Waals surface area contributed by atoms with Gasteiger partial charge in [0.1, 0.15) is 0 Å². The van der Waals surface area contributed by atoms with Crippen LogP contribution in [0.15, 0.2) is 24.3 Å². The predicted octanol–water partition coefficient (Wildman–Crippen LogP) is 2.58. The highest BCUT2D eigenvalue weighted by Gasteiger charge is 2.16. The first-order valence-corrected chi connectivity index (χ1v) is 6.92. The van der Waals surface area contributed by atoms with Crippen LogP contribution >= 0.6 is 0 Å². The highest BCUT2D eigenvalue weighted by molar-refractivity contribution is 5.95. The third-order valence-electron chi connectivity index (χ3n) is 3.53. The van der Waals surface area contributed by atoms with Gasteiger partial charge in [0.2, 0.25) is 0 Å². The van der Waals surface area contributed by atoms with Gasteiger partial charge in [-0.3, -0.25) is 9.59 Å². The minimum absolute atomic E-state index is 0.0206. The smallest absolute Gasteiger partial charge is 0.305 e. The molecule has 0 atom stereocenters. The summed E-state index contributed by atoms with van der Waals surface area (Å²) in [6.45, 7) is 2.63. The molecule has 0 fully saturated rings. The van der Waals surface area contributed by atoms with Crippen molar-refractivity contribution in [2.45, 2.75) is 26.2 Å². The Kier molecular flexibility index (Phi) is 4.56. The summed E-state index contributed by atoms with van der Waals surface area (Å²) >= 11 is 0. The third-order valence-corrected chi connectivity index (χ3v) is 3.53. The molecule has 106 valence electrons. The van der Waals surface area contributed by atoms with Crippen molar-refractivity contribution in [3.05, 3.63) is 41.0 Å². The van der Waals surface area contributed by atoms with E-state index in [-0.39, 0.29) is 18.9 Å². The Balaban J connectivity index is 2.15. The first kappa shape index (κ1) is 14.3. The first-order valence-electron chi connectivity index (χ1n) is 6.92. The van der Waals surface area contributed by atoms with Gasteiger partial charge in [0, 0.05) is 18.7 Å². The maximum Gasteiger partial charge on any atom is 0.305 e. The second-order valence-electron chi connectivity index (χ2n) is 4.88. The molecule has 4 nitrogen and oxygen atoms in total. The number of hydrogen-bond donors (Lipinski definition) is 1. The molecule has 0 radical (unpaired) electrons. The number of hydrogen-bond acceptors (Lipinski definition) is 2. The van der Waals surface area contributed by atoms with Crippen LogP contribution in [0, 0.1) is 0 Å². The molecule has 0 bridgehead atoms. The Morgan fingerprint density at radius 1 is 1.35 bits per heavy atom. The lowest BCUT2D eigenvalue weighted by atomic mass is 9.95. The van der Waals surface area contributed by atoms with E-state index in [9.17, 15) is 9.59 Å². The van der Waals surface area contributed by atoms with Crippen LogP contribution in [0.2, 0.25) is 0 Å². The van der Waals surface area contributed by atoms with Gasteiger partial charge >= 0.3 is 5.97 Å². The van der Waals surface area contributed by atoms with Gasteiger partial charge in [0.25, 0.3) is 5.91 Å². The van der Waals surface area contributed by atoms with Crippen molar-refractivity contribution in [3.63, 3.8) is 0 Å². The summed E-state index contributed by atoms with van der Waals surface area (Å²) in [6.07, 6.45) is 6.15. The number of allylic oxidation sites excluding steroid dienone is 1. The van der Waals surface area contributed by atoms with Crippen molar-refractivity contribution in [2.75, 3.05) is 13.1 Å². The van der Waals surface area contributed by atoms with E-state index in [0.29, 0.717) is 12.1 Å². The number of carbonyl (C=O) groups is 2. The summed E-state index contributed by atoms with van der Waals surface area (Å²) in [7, 11) is 0. The third kappa shape index (κ3) is 3.26. The van der Waals surface area contributed by atoms with Crippen molar-refractivity contribution in [1.29, 1.82) is 0 Å². The standard InChI is InChI=1S/C16H19NO3/c1-2-17(10-9-15(18)19)16(20)14-8-7-12-5-3-4-6-13(12)11-14/h3,5,7-8,11H,2,4,6,9-10H2,1H3,(H,18,19). The fourth-order valence-corrected chi connectivity index (χ4v) is 2.38. The summed E-state index contributed by atoms with van der Waals surface area (Å²) in [5, 5.41) is 8.72. The van der Waals surface area contributed by atoms with Gasteiger partial charge in [0.05, 0.1) is 6.42 Å². The number of fused-ring (bicyclic) bond motifs is 1. The van der Waals surface area contributed by atoms with Crippen LogP contribution in [-0.2, 0) is 11.2 Å². The van der Waals surface area contributed by atoms with Crippen LogP contribution in [0.4, 0.5) is 0 Å². The molecule has 1 aliphatic carbocycles. The van der Waals surface area contributed by atoms with Crippen LogP contribution in [0.1, 0.15) is 41.3 Å². The summed E-state index contributed by atoms with van der Waals surface area (Å²) < 4.78 is 0. The number of amides is 1. The molecular weight excluding hydrogens is 254 g/mol. The quantitative estimate of drug-likeness (QED) is 0.897. The fourth-order valence-electron chi connectivity index (χ4n) is 2.38. The van der Waals surface area contributed by atoms with Crippen LogP contribution in [0.25, 0.3) is 6.08 Å². The van der Waals surface area contributed by atoms with E-state index in [1.165, 1.54) is 11.1 Å². The average Bonchev–Trinajstić information content (AvgIpc) is 2.47. The van der Waals surface area contributed by atoms with Gasteiger partial charge in [-0.2, -0.15) is 0 Å². The van der Waals surface area contributed by atoms with Crippen molar-refractivity contribution < 1.29 is 14.7 Å². The predicted molar refractivity (Wildman–Crippen MR) is 77.6 cm³/mol. The summed E-state index contributed by atoms with van der Waals surface area (Å²) in [4.78, 5) is 24.6. The van der Waals surface area contributed by atoms with Gasteiger partial charge in [-0.15, -0.1) is 0 Å². The van der Waals surface area contributed by atoms with Crippen molar-refractivity contribution >= 4 is 18.0 Å². The van der Waals surface area contributed by atoms with Gasteiger partial charge in [-0.1, -0.05) is 18.2 Å². The zero-order valence-corrected chi connectivity index (χ0v) is 11.6. The molecule has 0 saturated heterocycles. The van der Waals surface area contributed by atoms with Gasteiger partial charge in [-0.25, -0.2) is 0 Å². The van der Waals surface area contributed by atoms with Crippen molar-refractivity contribution in [1.82, 2.24) is 4.90 Å². The van der Waals surface area contributed by atoms with E-state index < -0.39 is 5.97 Å². The highest BCUT2D eigenvalue weighted by atomic mass is 16.4. The molecule has 0 aromatic heterocycles. The largest absolute Gasteiger partial charge is 0.481 e. The Morgan fingerprint density at radius 3 is 2.85 bits per heavy atom. The molecule has 0 unspecified atom stereocenters. The zero-order valence-electron chi connectivity index (χ0n) is 11.6. The lowest BCUT2D eigenvalue weighted by Crippen LogP contribution is -2.32. The van der Waals surface area contributed by atoms with Crippen LogP contribution in [0.5, 0.6) is 0 Å². The van der Waals surface area contributed by atoms with Gasteiger partial charge in [-0.05, 0) is 43.0 Å². The van der Waals surface area contributed by atoms with Gasteiger partial charge in [0.15, 0.2) is 0 Å².